The van der Waals surface area contributed by atoms with Crippen molar-refractivity contribution in [3.63, 3.8) is 0 Å². The fraction of sp³-hybridized carbons (Fsp3) is 0.0645. The van der Waals surface area contributed by atoms with E-state index >= 15 is 0 Å². The average Bonchev–Trinajstić information content (AvgIpc) is 3.37. The van der Waals surface area contributed by atoms with Crippen LogP contribution in [0.3, 0.4) is 0 Å². The summed E-state index contributed by atoms with van der Waals surface area (Å²) in [6.45, 7) is 0. The van der Waals surface area contributed by atoms with E-state index in [0.717, 1.165) is 0 Å². The van der Waals surface area contributed by atoms with Crippen LogP contribution in [-0.4, -0.2) is 0 Å². The molecule has 0 nitrogen and oxygen atoms in total. The van der Waals surface area contributed by atoms with Crippen LogP contribution in [0.4, 0.5) is 0 Å². The van der Waals surface area contributed by atoms with Gasteiger partial charge < -0.3 is 0 Å². The van der Waals surface area contributed by atoms with Crippen LogP contribution in [0.5, 0.6) is 0 Å². The molecule has 2 unspecified atom stereocenters. The Balaban J connectivity index is 0.00000206. The Morgan fingerprint density at radius 2 is 1.61 bits per heavy atom. The predicted octanol–water partition coefficient (Wildman–Crippen LogP) is 8.11. The molecule has 0 saturated heterocycles. The fourth-order valence-corrected chi connectivity index (χ4v) is 6.91. The molecule has 1 aromatic heterocycles. The van der Waals surface area contributed by atoms with Gasteiger partial charge in [0.05, 0.1) is 0 Å². The minimum atomic E-state index is -0.300. The first-order chi connectivity index (χ1) is 15.9. The molecular formula is C31H20SY-2. The van der Waals surface area contributed by atoms with Gasteiger partial charge in [-0.25, -0.2) is 18.6 Å². The summed E-state index contributed by atoms with van der Waals surface area (Å²) in [5, 5.41) is 2.70. The van der Waals surface area contributed by atoms with Gasteiger partial charge in [0.2, 0.25) is 0 Å². The standard InChI is InChI=1S/C31H20S.Y/c1-3-11-21(12-4-1)31(22-13-5-2-6-14-22)27-17-9-7-15-23(27)25-20-30-26(19-28(25)31)24-16-8-10-18-29(24)32-30;/h1-13,15-21H;/q-2;. The Hall–Kier alpha value is -2.45. The Labute approximate surface area is 223 Å². The monoisotopic (exact) mass is 513 g/mol. The van der Waals surface area contributed by atoms with Crippen LogP contribution >= 0.6 is 11.3 Å². The van der Waals surface area contributed by atoms with Gasteiger partial charge in [0.15, 0.2) is 0 Å². The van der Waals surface area contributed by atoms with Crippen LogP contribution in [0, 0.1) is 18.4 Å². The van der Waals surface area contributed by atoms with Crippen molar-refractivity contribution in [2.45, 2.75) is 5.41 Å². The molecular weight excluding hydrogens is 493 g/mol. The maximum Gasteiger partial charge on any atom is 0.0361 e. The molecule has 33 heavy (non-hydrogen) atoms. The van der Waals surface area contributed by atoms with Gasteiger partial charge in [-0.2, -0.15) is 30.3 Å². The van der Waals surface area contributed by atoms with Crippen molar-refractivity contribution in [1.29, 1.82) is 0 Å². The van der Waals surface area contributed by atoms with Gasteiger partial charge in [-0.05, 0) is 40.5 Å². The zero-order valence-electron chi connectivity index (χ0n) is 18.0. The number of allylic oxidation sites excluding steroid dienone is 4. The van der Waals surface area contributed by atoms with E-state index in [4.69, 9.17) is 0 Å². The third kappa shape index (κ3) is 2.93. The van der Waals surface area contributed by atoms with Crippen LogP contribution in [0.1, 0.15) is 16.7 Å². The summed E-state index contributed by atoms with van der Waals surface area (Å²) in [4.78, 5) is 0. The number of fused-ring (bicyclic) bond motifs is 6. The fourth-order valence-electron chi connectivity index (χ4n) is 5.78. The van der Waals surface area contributed by atoms with E-state index in [-0.39, 0.29) is 44.0 Å². The molecule has 2 aliphatic carbocycles. The largest absolute Gasteiger partial charge is 0.228 e. The van der Waals surface area contributed by atoms with E-state index in [1.165, 1.54) is 48.0 Å². The molecule has 7 rings (SSSR count). The quantitative estimate of drug-likeness (QED) is 0.209. The molecule has 0 spiro atoms. The van der Waals surface area contributed by atoms with Gasteiger partial charge in [0, 0.05) is 58.3 Å². The molecule has 0 bridgehead atoms. The van der Waals surface area contributed by atoms with Gasteiger partial charge in [0.1, 0.15) is 0 Å². The summed E-state index contributed by atoms with van der Waals surface area (Å²) in [7, 11) is 0. The van der Waals surface area contributed by atoms with Crippen molar-refractivity contribution in [1.82, 2.24) is 0 Å². The average molecular weight is 513 g/mol. The van der Waals surface area contributed by atoms with E-state index in [0.29, 0.717) is 0 Å². The molecule has 2 aliphatic rings. The molecule has 4 aromatic carbocycles. The molecule has 0 N–H and O–H groups in total. The van der Waals surface area contributed by atoms with Gasteiger partial charge >= 0.3 is 0 Å². The predicted molar refractivity (Wildman–Crippen MR) is 136 cm³/mol. The Kier molecular flexibility index (Phi) is 5.18. The van der Waals surface area contributed by atoms with Gasteiger partial charge in [-0.1, -0.05) is 48.4 Å². The number of benzene rings is 4. The van der Waals surface area contributed by atoms with Crippen LogP contribution in [0.25, 0.3) is 31.3 Å². The van der Waals surface area contributed by atoms with Crippen molar-refractivity contribution in [3.05, 3.63) is 138 Å². The number of thiophene rings is 1. The first-order valence-corrected chi connectivity index (χ1v) is 11.9. The molecule has 1 heterocycles. The van der Waals surface area contributed by atoms with Crippen molar-refractivity contribution >= 4 is 31.5 Å². The zero-order valence-corrected chi connectivity index (χ0v) is 21.7. The van der Waals surface area contributed by atoms with Crippen LogP contribution < -0.4 is 0 Å². The first-order valence-electron chi connectivity index (χ1n) is 11.1. The van der Waals surface area contributed by atoms with Gasteiger partial charge in [-0.3, -0.25) is 0 Å². The first kappa shape index (κ1) is 21.1. The van der Waals surface area contributed by atoms with Gasteiger partial charge in [-0.15, -0.1) is 29.1 Å². The van der Waals surface area contributed by atoms with Crippen molar-refractivity contribution < 1.29 is 32.7 Å². The van der Waals surface area contributed by atoms with E-state index in [9.17, 15) is 0 Å². The molecule has 1 radical (unpaired) electrons. The molecule has 155 valence electrons. The van der Waals surface area contributed by atoms with E-state index in [1.54, 1.807) is 0 Å². The minimum Gasteiger partial charge on any atom is -0.228 e. The second-order valence-corrected chi connectivity index (χ2v) is 9.69. The van der Waals surface area contributed by atoms with Crippen molar-refractivity contribution in [2.24, 2.45) is 5.92 Å². The maximum atomic E-state index is 3.63. The van der Waals surface area contributed by atoms with Crippen LogP contribution in [0.2, 0.25) is 0 Å². The Bertz CT molecular complexity index is 1560. The maximum absolute atomic E-state index is 3.63. The zero-order chi connectivity index (χ0) is 21.1. The third-order valence-corrected chi connectivity index (χ3v) is 8.21. The Morgan fingerprint density at radius 3 is 2.45 bits per heavy atom. The summed E-state index contributed by atoms with van der Waals surface area (Å²) in [5.74, 6) is 0.218. The van der Waals surface area contributed by atoms with Crippen molar-refractivity contribution in [3.8, 4) is 11.1 Å². The van der Waals surface area contributed by atoms with Gasteiger partial charge in [0.25, 0.3) is 0 Å². The van der Waals surface area contributed by atoms with Crippen LogP contribution in [-0.2, 0) is 38.1 Å². The van der Waals surface area contributed by atoms with E-state index in [1.807, 2.05) is 11.3 Å². The SMILES string of the molecule is [Y].[c-]1ccccc1C1(C2C=CC=C[CH-]2)c2ccccc2-c2cc3sc4ccccc4c3cc21. The molecule has 0 fully saturated rings. The topological polar surface area (TPSA) is 0 Å². The molecule has 0 aliphatic heterocycles. The molecule has 0 amide bonds. The number of hydrogen-bond donors (Lipinski definition) is 0. The van der Waals surface area contributed by atoms with E-state index < -0.39 is 0 Å². The second kappa shape index (κ2) is 8.10. The molecule has 2 heteroatoms. The summed E-state index contributed by atoms with van der Waals surface area (Å²) in [5.41, 5.74) is 6.39. The molecule has 2 atom stereocenters. The van der Waals surface area contributed by atoms with E-state index in [2.05, 4.69) is 122 Å². The summed E-state index contributed by atoms with van der Waals surface area (Å²) in [6.07, 6.45) is 11.2. The molecule has 0 saturated carbocycles. The second-order valence-electron chi connectivity index (χ2n) is 8.61. The summed E-state index contributed by atoms with van der Waals surface area (Å²) < 4.78 is 2.71. The third-order valence-electron chi connectivity index (χ3n) is 7.08. The normalized spacial score (nSPS) is 20.3. The number of rotatable bonds is 2. The summed E-state index contributed by atoms with van der Waals surface area (Å²) in [6, 6.07) is 34.8. The number of hydrogen-bond acceptors (Lipinski definition) is 1. The Morgan fingerprint density at radius 1 is 0.758 bits per heavy atom. The summed E-state index contributed by atoms with van der Waals surface area (Å²) >= 11 is 1.89. The smallest absolute Gasteiger partial charge is 0.0361 e. The minimum absolute atomic E-state index is 0. The molecule has 5 aromatic rings. The van der Waals surface area contributed by atoms with Crippen molar-refractivity contribution in [2.75, 3.05) is 0 Å². The van der Waals surface area contributed by atoms with Crippen LogP contribution in [0.15, 0.2) is 109 Å².